The summed E-state index contributed by atoms with van der Waals surface area (Å²) < 4.78 is 0. The van der Waals surface area contributed by atoms with Crippen molar-refractivity contribution in [3.05, 3.63) is 6.20 Å². The van der Waals surface area contributed by atoms with Crippen LogP contribution in [0.2, 0.25) is 0 Å². The molecule has 20 heavy (non-hydrogen) atoms. The van der Waals surface area contributed by atoms with E-state index in [2.05, 4.69) is 30.9 Å². The second-order valence-corrected chi connectivity index (χ2v) is 6.33. The van der Waals surface area contributed by atoms with Gasteiger partial charge in [-0.25, -0.2) is 5.84 Å². The van der Waals surface area contributed by atoms with E-state index in [4.69, 9.17) is 5.84 Å². The van der Waals surface area contributed by atoms with Gasteiger partial charge in [0, 0.05) is 6.04 Å². The maximum absolute atomic E-state index is 5.43. The molecule has 0 aliphatic heterocycles. The van der Waals surface area contributed by atoms with Gasteiger partial charge in [0.1, 0.15) is 5.82 Å². The van der Waals surface area contributed by atoms with E-state index in [1.54, 1.807) is 6.20 Å². The van der Waals surface area contributed by atoms with Crippen molar-refractivity contribution in [2.45, 2.75) is 25.3 Å². The molecule has 3 fully saturated rings. The molecule has 0 radical (unpaired) electrons. The van der Waals surface area contributed by atoms with Gasteiger partial charge in [0.25, 0.3) is 0 Å². The third-order valence-electron chi connectivity index (χ3n) is 5.48. The van der Waals surface area contributed by atoms with E-state index in [1.807, 2.05) is 0 Å². The zero-order valence-corrected chi connectivity index (χ0v) is 11.0. The molecule has 0 amide bonds. The molecular formula is C13H17N7. The van der Waals surface area contributed by atoms with Crippen LogP contribution in [-0.4, -0.2) is 26.2 Å². The van der Waals surface area contributed by atoms with Crippen LogP contribution in [0.4, 0.5) is 11.8 Å². The highest BCUT2D eigenvalue weighted by molar-refractivity contribution is 5.87. The van der Waals surface area contributed by atoms with Crippen LogP contribution in [0, 0.1) is 23.7 Å². The van der Waals surface area contributed by atoms with E-state index in [9.17, 15) is 0 Å². The summed E-state index contributed by atoms with van der Waals surface area (Å²) in [5.74, 6) is 10.3. The fourth-order valence-corrected chi connectivity index (χ4v) is 4.69. The first-order valence-corrected chi connectivity index (χ1v) is 7.29. The molecule has 4 atom stereocenters. The van der Waals surface area contributed by atoms with E-state index in [1.165, 1.54) is 19.3 Å². The highest BCUT2D eigenvalue weighted by Crippen LogP contribution is 2.66. The highest BCUT2D eigenvalue weighted by atomic mass is 15.3. The number of nitrogens with one attached hydrogen (secondary N) is 3. The third kappa shape index (κ3) is 1.30. The van der Waals surface area contributed by atoms with Gasteiger partial charge in [-0.1, -0.05) is 0 Å². The number of hydrazine groups is 1. The van der Waals surface area contributed by atoms with E-state index in [0.29, 0.717) is 17.6 Å². The second kappa shape index (κ2) is 3.60. The van der Waals surface area contributed by atoms with Gasteiger partial charge in [0.2, 0.25) is 5.95 Å². The monoisotopic (exact) mass is 271 g/mol. The van der Waals surface area contributed by atoms with Crippen LogP contribution in [0.1, 0.15) is 19.3 Å². The predicted molar refractivity (Wildman–Crippen MR) is 74.7 cm³/mol. The summed E-state index contributed by atoms with van der Waals surface area (Å²) in [4.78, 5) is 8.70. The summed E-state index contributed by atoms with van der Waals surface area (Å²) in [5, 5.41) is 11.5. The van der Waals surface area contributed by atoms with Gasteiger partial charge in [0.05, 0.1) is 11.6 Å². The van der Waals surface area contributed by atoms with Crippen LogP contribution < -0.4 is 16.6 Å². The number of fused-ring (bicyclic) bond motifs is 6. The molecule has 2 aromatic rings. The molecule has 3 aliphatic rings. The summed E-state index contributed by atoms with van der Waals surface area (Å²) in [5.41, 5.74) is 3.23. The number of nitrogens with two attached hydrogens (primary N) is 1. The molecule has 7 nitrogen and oxygen atoms in total. The number of nitrogen functional groups attached to an aromatic ring is 1. The lowest BCUT2D eigenvalue weighted by Crippen LogP contribution is -2.16. The van der Waals surface area contributed by atoms with E-state index >= 15 is 0 Å². The second-order valence-electron chi connectivity index (χ2n) is 6.33. The van der Waals surface area contributed by atoms with Crippen LogP contribution in [0.5, 0.6) is 0 Å². The van der Waals surface area contributed by atoms with Gasteiger partial charge in [0.15, 0.2) is 5.65 Å². The predicted octanol–water partition coefficient (Wildman–Crippen LogP) is 1.09. The third-order valence-corrected chi connectivity index (χ3v) is 5.48. The minimum atomic E-state index is 0.415. The van der Waals surface area contributed by atoms with Gasteiger partial charge >= 0.3 is 0 Å². The zero-order valence-electron chi connectivity index (χ0n) is 11.0. The summed E-state index contributed by atoms with van der Waals surface area (Å²) in [6.07, 6.45) is 6.06. The molecule has 5 rings (SSSR count). The molecule has 4 unspecified atom stereocenters. The van der Waals surface area contributed by atoms with Crippen molar-refractivity contribution in [3.8, 4) is 0 Å². The van der Waals surface area contributed by atoms with Crippen molar-refractivity contribution in [1.29, 1.82) is 0 Å². The average molecular weight is 271 g/mol. The first-order chi connectivity index (χ1) is 9.85. The highest BCUT2D eigenvalue weighted by Gasteiger charge is 2.65. The van der Waals surface area contributed by atoms with Crippen LogP contribution >= 0.6 is 0 Å². The topological polar surface area (TPSA) is 105 Å². The molecular weight excluding hydrogens is 254 g/mol. The van der Waals surface area contributed by atoms with E-state index in [-0.39, 0.29) is 0 Å². The lowest BCUT2D eigenvalue weighted by atomic mass is 10.0. The average Bonchev–Trinajstić information content (AvgIpc) is 2.92. The molecule has 0 saturated heterocycles. The molecule has 0 spiro atoms. The Kier molecular flexibility index (Phi) is 1.95. The Morgan fingerprint density at radius 1 is 1.20 bits per heavy atom. The van der Waals surface area contributed by atoms with Crippen molar-refractivity contribution in [2.24, 2.45) is 29.5 Å². The molecule has 5 N–H and O–H groups in total. The Hall–Kier alpha value is -1.89. The summed E-state index contributed by atoms with van der Waals surface area (Å²) >= 11 is 0. The maximum atomic E-state index is 5.43. The molecule has 0 aromatic carbocycles. The Morgan fingerprint density at radius 2 is 2.00 bits per heavy atom. The number of anilines is 2. The standard InChI is InChI=1S/C13H17N7/c14-19-13-17-11(7-4-15-20-12(7)18-13)16-10-8-5-1-2-6(3-5)9(8)10/h4-6,8-10H,1-3,14H2,(H3,15,16,17,18,19,20). The molecule has 3 saturated carbocycles. The fourth-order valence-electron chi connectivity index (χ4n) is 4.69. The van der Waals surface area contributed by atoms with Crippen LogP contribution in [0.3, 0.4) is 0 Å². The van der Waals surface area contributed by atoms with Crippen molar-refractivity contribution >= 4 is 22.8 Å². The fraction of sp³-hybridized carbons (Fsp3) is 0.615. The Bertz CT molecular complexity index is 664. The van der Waals surface area contributed by atoms with Crippen molar-refractivity contribution in [1.82, 2.24) is 20.2 Å². The number of aromatic nitrogens is 4. The lowest BCUT2D eigenvalue weighted by molar-refractivity contribution is 0.456. The number of rotatable bonds is 3. The number of hydrogen-bond donors (Lipinski definition) is 4. The van der Waals surface area contributed by atoms with Gasteiger partial charge in [-0.15, -0.1) is 0 Å². The number of hydrogen-bond acceptors (Lipinski definition) is 6. The minimum absolute atomic E-state index is 0.415. The molecule has 3 aliphatic carbocycles. The number of aromatic amines is 1. The Balaban J connectivity index is 1.48. The SMILES string of the molecule is NNc1nc(NC2C3C4CCC(C4)C23)c2cn[nH]c2n1. The van der Waals surface area contributed by atoms with Crippen molar-refractivity contribution in [2.75, 3.05) is 10.7 Å². The van der Waals surface area contributed by atoms with Crippen molar-refractivity contribution in [3.63, 3.8) is 0 Å². The zero-order chi connectivity index (χ0) is 13.3. The van der Waals surface area contributed by atoms with E-state index in [0.717, 1.165) is 34.9 Å². The molecule has 2 aromatic heterocycles. The molecule has 7 heteroatoms. The number of nitrogens with zero attached hydrogens (tertiary/aromatic N) is 3. The van der Waals surface area contributed by atoms with E-state index < -0.39 is 0 Å². The van der Waals surface area contributed by atoms with Crippen LogP contribution in [0.25, 0.3) is 11.0 Å². The number of H-pyrrole nitrogens is 1. The lowest BCUT2D eigenvalue weighted by Gasteiger charge is -2.12. The minimum Gasteiger partial charge on any atom is -0.366 e. The first kappa shape index (κ1) is 10.8. The Labute approximate surface area is 115 Å². The first-order valence-electron chi connectivity index (χ1n) is 7.29. The molecule has 2 bridgehead atoms. The van der Waals surface area contributed by atoms with Crippen LogP contribution in [0.15, 0.2) is 6.20 Å². The van der Waals surface area contributed by atoms with Gasteiger partial charge in [-0.3, -0.25) is 10.5 Å². The smallest absolute Gasteiger partial charge is 0.241 e. The van der Waals surface area contributed by atoms with Gasteiger partial charge in [-0.05, 0) is 42.9 Å². The maximum Gasteiger partial charge on any atom is 0.241 e. The van der Waals surface area contributed by atoms with Gasteiger partial charge in [-0.2, -0.15) is 15.1 Å². The Morgan fingerprint density at radius 3 is 2.75 bits per heavy atom. The quantitative estimate of drug-likeness (QED) is 0.492. The van der Waals surface area contributed by atoms with Crippen molar-refractivity contribution < 1.29 is 0 Å². The molecule has 2 heterocycles. The summed E-state index contributed by atoms with van der Waals surface area (Å²) in [7, 11) is 0. The normalized spacial score (nSPS) is 37.1. The van der Waals surface area contributed by atoms with Gasteiger partial charge < -0.3 is 5.32 Å². The van der Waals surface area contributed by atoms with Crippen LogP contribution in [-0.2, 0) is 0 Å². The summed E-state index contributed by atoms with van der Waals surface area (Å²) in [6, 6.07) is 0.583. The molecule has 104 valence electrons. The summed E-state index contributed by atoms with van der Waals surface area (Å²) in [6.45, 7) is 0. The largest absolute Gasteiger partial charge is 0.366 e.